The van der Waals surface area contributed by atoms with Crippen molar-refractivity contribution in [2.24, 2.45) is 5.92 Å². The Labute approximate surface area is 113 Å². The molecule has 0 unspecified atom stereocenters. The average molecular weight is 278 g/mol. The molecule has 0 aromatic carbocycles. The first-order valence-electron chi connectivity index (χ1n) is 5.85. The van der Waals surface area contributed by atoms with E-state index in [4.69, 9.17) is 0 Å². The Morgan fingerprint density at radius 2 is 2.33 bits per heavy atom. The Balaban J connectivity index is 1.85. The number of nitrogens with zero attached hydrogens (tertiary/aromatic N) is 3. The fraction of sp³-hybridized carbons (Fsp3) is 0.333. The van der Waals surface area contributed by atoms with Crippen LogP contribution in [0.5, 0.6) is 0 Å². The average Bonchev–Trinajstić information content (AvgIpc) is 3.00. The van der Waals surface area contributed by atoms with Gasteiger partial charge in [0.25, 0.3) is 0 Å². The minimum absolute atomic E-state index is 0.614. The molecule has 4 nitrogen and oxygen atoms in total. The van der Waals surface area contributed by atoms with Gasteiger partial charge in [-0.1, -0.05) is 25.2 Å². The minimum Gasteiger partial charge on any atom is -0.360 e. The van der Waals surface area contributed by atoms with E-state index in [1.54, 1.807) is 22.7 Å². The maximum Gasteiger partial charge on any atom is 0.214 e. The molecule has 0 aliphatic heterocycles. The number of fused-ring (bicyclic) bond motifs is 1. The second-order valence-electron chi connectivity index (χ2n) is 4.55. The molecule has 3 rings (SSSR count). The molecule has 0 amide bonds. The molecule has 0 saturated heterocycles. The van der Waals surface area contributed by atoms with Crippen molar-refractivity contribution in [2.75, 3.05) is 11.9 Å². The molecular weight excluding hydrogens is 264 g/mol. The van der Waals surface area contributed by atoms with Gasteiger partial charge in [0.15, 0.2) is 0 Å². The van der Waals surface area contributed by atoms with Gasteiger partial charge in [0.2, 0.25) is 10.1 Å². The van der Waals surface area contributed by atoms with Crippen LogP contribution in [0.2, 0.25) is 0 Å². The quantitative estimate of drug-likeness (QED) is 0.793. The first kappa shape index (κ1) is 11.7. The van der Waals surface area contributed by atoms with Crippen LogP contribution in [0.25, 0.3) is 16.2 Å². The number of imidazole rings is 1. The standard InChI is InChI=1S/C12H14N4S2/c1-8(2)5-13-11-15-16-6-10(14-12(16)18-11)9-3-4-17-7-9/h3-4,6-8H,5H2,1-2H3,(H,13,15). The smallest absolute Gasteiger partial charge is 0.214 e. The molecule has 94 valence electrons. The summed E-state index contributed by atoms with van der Waals surface area (Å²) in [6.45, 7) is 5.30. The molecule has 0 aliphatic rings. The number of hydrogen-bond acceptors (Lipinski definition) is 5. The number of aromatic nitrogens is 3. The SMILES string of the molecule is CC(C)CNc1nn2cc(-c3ccsc3)nc2s1. The predicted molar refractivity (Wildman–Crippen MR) is 77.5 cm³/mol. The van der Waals surface area contributed by atoms with Crippen LogP contribution in [0.15, 0.2) is 23.0 Å². The van der Waals surface area contributed by atoms with E-state index in [2.05, 4.69) is 46.1 Å². The summed E-state index contributed by atoms with van der Waals surface area (Å²) in [6, 6.07) is 2.08. The molecule has 18 heavy (non-hydrogen) atoms. The second kappa shape index (κ2) is 4.70. The highest BCUT2D eigenvalue weighted by Gasteiger charge is 2.09. The maximum absolute atomic E-state index is 4.59. The maximum atomic E-state index is 4.59. The Morgan fingerprint density at radius 3 is 3.00 bits per heavy atom. The lowest BCUT2D eigenvalue weighted by molar-refractivity contribution is 0.687. The van der Waals surface area contributed by atoms with Crippen LogP contribution in [0.4, 0.5) is 5.13 Å². The summed E-state index contributed by atoms with van der Waals surface area (Å²) in [7, 11) is 0. The molecular formula is C12H14N4S2. The molecule has 6 heteroatoms. The zero-order chi connectivity index (χ0) is 12.5. The topological polar surface area (TPSA) is 42.2 Å². The first-order valence-corrected chi connectivity index (χ1v) is 7.61. The van der Waals surface area contributed by atoms with Crippen molar-refractivity contribution in [3.05, 3.63) is 23.0 Å². The minimum atomic E-state index is 0.614. The van der Waals surface area contributed by atoms with Crippen molar-refractivity contribution in [3.63, 3.8) is 0 Å². The Kier molecular flexibility index (Phi) is 3.05. The normalized spacial score (nSPS) is 11.5. The van der Waals surface area contributed by atoms with Crippen molar-refractivity contribution >= 4 is 32.8 Å². The van der Waals surface area contributed by atoms with E-state index in [0.29, 0.717) is 5.92 Å². The van der Waals surface area contributed by atoms with Crippen LogP contribution in [0.3, 0.4) is 0 Å². The van der Waals surface area contributed by atoms with Gasteiger partial charge >= 0.3 is 0 Å². The molecule has 0 aliphatic carbocycles. The van der Waals surface area contributed by atoms with Gasteiger partial charge in [0.05, 0.1) is 11.9 Å². The number of hydrogen-bond donors (Lipinski definition) is 1. The van der Waals surface area contributed by atoms with Gasteiger partial charge in [-0.05, 0) is 17.4 Å². The summed E-state index contributed by atoms with van der Waals surface area (Å²) >= 11 is 3.27. The molecule has 0 atom stereocenters. The molecule has 3 heterocycles. The van der Waals surface area contributed by atoms with E-state index >= 15 is 0 Å². The van der Waals surface area contributed by atoms with E-state index in [-0.39, 0.29) is 0 Å². The van der Waals surface area contributed by atoms with Crippen molar-refractivity contribution in [2.45, 2.75) is 13.8 Å². The molecule has 0 saturated carbocycles. The zero-order valence-corrected chi connectivity index (χ0v) is 11.9. The summed E-state index contributed by atoms with van der Waals surface area (Å²) in [5.41, 5.74) is 2.15. The third-order valence-corrected chi connectivity index (χ3v) is 4.09. The lowest BCUT2D eigenvalue weighted by atomic mass is 10.2. The van der Waals surface area contributed by atoms with Crippen LogP contribution in [0.1, 0.15) is 13.8 Å². The largest absolute Gasteiger partial charge is 0.360 e. The fourth-order valence-corrected chi connectivity index (χ4v) is 3.05. The Hall–Kier alpha value is -1.40. The second-order valence-corrected chi connectivity index (χ2v) is 6.28. The van der Waals surface area contributed by atoms with Crippen molar-refractivity contribution < 1.29 is 0 Å². The summed E-state index contributed by atoms with van der Waals surface area (Å²) in [4.78, 5) is 5.52. The van der Waals surface area contributed by atoms with Crippen molar-refractivity contribution in [1.82, 2.24) is 14.6 Å². The molecule has 0 fully saturated rings. The summed E-state index contributed by atoms with van der Waals surface area (Å²) in [6.07, 6.45) is 1.98. The van der Waals surface area contributed by atoms with Gasteiger partial charge in [-0.25, -0.2) is 9.50 Å². The summed E-state index contributed by atoms with van der Waals surface area (Å²) < 4.78 is 1.85. The number of nitrogens with one attached hydrogen (secondary N) is 1. The molecule has 0 radical (unpaired) electrons. The highest BCUT2D eigenvalue weighted by atomic mass is 32.1. The highest BCUT2D eigenvalue weighted by molar-refractivity contribution is 7.20. The Bertz CT molecular complexity index is 605. The summed E-state index contributed by atoms with van der Waals surface area (Å²) in [5, 5.41) is 12.9. The van der Waals surface area contributed by atoms with Crippen LogP contribution in [-0.2, 0) is 0 Å². The van der Waals surface area contributed by atoms with Gasteiger partial charge in [-0.3, -0.25) is 0 Å². The third-order valence-electron chi connectivity index (χ3n) is 2.52. The Morgan fingerprint density at radius 1 is 1.44 bits per heavy atom. The van der Waals surface area contributed by atoms with Gasteiger partial charge in [-0.2, -0.15) is 11.3 Å². The van der Waals surface area contributed by atoms with E-state index in [9.17, 15) is 0 Å². The highest BCUT2D eigenvalue weighted by Crippen LogP contribution is 2.25. The molecule has 0 bridgehead atoms. The van der Waals surface area contributed by atoms with E-state index in [0.717, 1.165) is 27.9 Å². The molecule has 1 N–H and O–H groups in total. The van der Waals surface area contributed by atoms with Gasteiger partial charge < -0.3 is 5.32 Å². The monoisotopic (exact) mass is 278 g/mol. The van der Waals surface area contributed by atoms with Crippen LogP contribution < -0.4 is 5.32 Å². The number of anilines is 1. The van der Waals surface area contributed by atoms with Crippen LogP contribution in [-0.4, -0.2) is 21.1 Å². The fourth-order valence-electron chi connectivity index (χ4n) is 1.61. The number of thiophene rings is 1. The molecule has 3 aromatic heterocycles. The van der Waals surface area contributed by atoms with E-state index < -0.39 is 0 Å². The van der Waals surface area contributed by atoms with Gasteiger partial charge in [0.1, 0.15) is 0 Å². The predicted octanol–water partition coefficient (Wildman–Crippen LogP) is 3.59. The van der Waals surface area contributed by atoms with Crippen molar-refractivity contribution in [3.8, 4) is 11.3 Å². The lowest BCUT2D eigenvalue weighted by Gasteiger charge is -2.03. The molecule has 0 spiro atoms. The first-order chi connectivity index (χ1) is 8.72. The van der Waals surface area contributed by atoms with Gasteiger partial charge in [0, 0.05) is 17.5 Å². The third kappa shape index (κ3) is 2.26. The lowest BCUT2D eigenvalue weighted by Crippen LogP contribution is -2.07. The molecule has 3 aromatic rings. The zero-order valence-electron chi connectivity index (χ0n) is 10.3. The van der Waals surface area contributed by atoms with Gasteiger partial charge in [-0.15, -0.1) is 5.10 Å². The number of rotatable bonds is 4. The van der Waals surface area contributed by atoms with Crippen LogP contribution >= 0.6 is 22.7 Å². The van der Waals surface area contributed by atoms with E-state index in [1.807, 2.05) is 10.7 Å². The van der Waals surface area contributed by atoms with Crippen molar-refractivity contribution in [1.29, 1.82) is 0 Å². The van der Waals surface area contributed by atoms with E-state index in [1.165, 1.54) is 0 Å². The van der Waals surface area contributed by atoms with Crippen LogP contribution in [0, 0.1) is 5.92 Å². The summed E-state index contributed by atoms with van der Waals surface area (Å²) in [5.74, 6) is 0.614.